The maximum atomic E-state index is 11.5. The molecule has 0 aromatic carbocycles. The number of hydrogen-bond acceptors (Lipinski definition) is 3. The minimum atomic E-state index is 0.188. The highest BCUT2D eigenvalue weighted by molar-refractivity contribution is 7.07. The fourth-order valence-electron chi connectivity index (χ4n) is 1.96. The number of nitrogens with zero attached hydrogens (tertiary/aromatic N) is 1. The molecule has 0 aliphatic carbocycles. The summed E-state index contributed by atoms with van der Waals surface area (Å²) < 4.78 is 1.91. The second-order valence-corrected chi connectivity index (χ2v) is 4.79. The Bertz CT molecular complexity index is 349. The molecule has 2 rings (SSSR count). The van der Waals surface area contributed by atoms with Crippen LogP contribution in [0.5, 0.6) is 0 Å². The minimum Gasteiger partial charge on any atom is -0.316 e. The van der Waals surface area contributed by atoms with Crippen molar-refractivity contribution in [1.82, 2.24) is 9.88 Å². The first-order valence-electron chi connectivity index (χ1n) is 5.13. The van der Waals surface area contributed by atoms with Crippen LogP contribution in [0.1, 0.15) is 18.5 Å². The van der Waals surface area contributed by atoms with Crippen molar-refractivity contribution in [1.29, 1.82) is 0 Å². The van der Waals surface area contributed by atoms with E-state index in [9.17, 15) is 4.79 Å². The summed E-state index contributed by atoms with van der Waals surface area (Å²) in [6.45, 7) is 5.09. The van der Waals surface area contributed by atoms with Crippen molar-refractivity contribution in [3.8, 4) is 0 Å². The average Bonchev–Trinajstić information content (AvgIpc) is 2.51. The molecule has 2 heterocycles. The van der Waals surface area contributed by atoms with Gasteiger partial charge in [0.2, 0.25) is 0 Å². The standard InChI is InChI=1S/C10H16N2OS/c1-8-7-14-10(13)12(8)6-9-3-2-4-11-5-9/h7,9,11H,2-6H2,1H3. The van der Waals surface area contributed by atoms with Crippen LogP contribution in [-0.2, 0) is 6.54 Å². The molecule has 1 aliphatic rings. The molecule has 3 nitrogen and oxygen atoms in total. The predicted octanol–water partition coefficient (Wildman–Crippen LogP) is 1.22. The quantitative estimate of drug-likeness (QED) is 0.799. The maximum Gasteiger partial charge on any atom is 0.307 e. The molecular formula is C10H16N2OS. The van der Waals surface area contributed by atoms with Gasteiger partial charge < -0.3 is 9.88 Å². The van der Waals surface area contributed by atoms with Crippen LogP contribution in [0.2, 0.25) is 0 Å². The molecule has 78 valence electrons. The molecule has 0 bridgehead atoms. The molecular weight excluding hydrogens is 196 g/mol. The molecule has 0 spiro atoms. The van der Waals surface area contributed by atoms with Gasteiger partial charge in [-0.1, -0.05) is 11.3 Å². The van der Waals surface area contributed by atoms with E-state index in [2.05, 4.69) is 5.32 Å². The van der Waals surface area contributed by atoms with Gasteiger partial charge in [0.15, 0.2) is 0 Å². The van der Waals surface area contributed by atoms with Crippen molar-refractivity contribution in [3.05, 3.63) is 20.7 Å². The van der Waals surface area contributed by atoms with Crippen LogP contribution < -0.4 is 10.2 Å². The molecule has 1 fully saturated rings. The van der Waals surface area contributed by atoms with Crippen LogP contribution in [0.3, 0.4) is 0 Å². The molecule has 1 atom stereocenters. The lowest BCUT2D eigenvalue weighted by molar-refractivity contribution is 0.333. The Kier molecular flexibility index (Phi) is 3.03. The summed E-state index contributed by atoms with van der Waals surface area (Å²) >= 11 is 1.31. The van der Waals surface area contributed by atoms with E-state index < -0.39 is 0 Å². The van der Waals surface area contributed by atoms with Gasteiger partial charge in [0.1, 0.15) is 0 Å². The predicted molar refractivity (Wildman–Crippen MR) is 58.9 cm³/mol. The SMILES string of the molecule is Cc1csc(=O)n1CC1CCCNC1. The van der Waals surface area contributed by atoms with Gasteiger partial charge in [-0.3, -0.25) is 4.79 Å². The normalized spacial score (nSPS) is 22.5. The maximum absolute atomic E-state index is 11.5. The Morgan fingerprint density at radius 3 is 3.14 bits per heavy atom. The van der Waals surface area contributed by atoms with Crippen LogP contribution in [0.15, 0.2) is 10.2 Å². The largest absolute Gasteiger partial charge is 0.316 e. The zero-order chi connectivity index (χ0) is 9.97. The summed E-state index contributed by atoms with van der Waals surface area (Å²) in [6, 6.07) is 0. The van der Waals surface area contributed by atoms with E-state index in [1.165, 1.54) is 24.2 Å². The average molecular weight is 212 g/mol. The molecule has 4 heteroatoms. The number of piperidine rings is 1. The Morgan fingerprint density at radius 1 is 1.71 bits per heavy atom. The first-order chi connectivity index (χ1) is 6.77. The minimum absolute atomic E-state index is 0.188. The molecule has 0 amide bonds. The summed E-state index contributed by atoms with van der Waals surface area (Å²) in [5.74, 6) is 0.634. The molecule has 0 radical (unpaired) electrons. The topological polar surface area (TPSA) is 34.0 Å². The van der Waals surface area contributed by atoms with Crippen molar-refractivity contribution in [2.24, 2.45) is 5.92 Å². The first-order valence-corrected chi connectivity index (χ1v) is 6.01. The van der Waals surface area contributed by atoms with E-state index in [1.807, 2.05) is 16.9 Å². The van der Waals surface area contributed by atoms with Gasteiger partial charge in [0.25, 0.3) is 0 Å². The Labute approximate surface area is 87.8 Å². The van der Waals surface area contributed by atoms with E-state index in [0.717, 1.165) is 25.3 Å². The molecule has 1 saturated heterocycles. The fourth-order valence-corrected chi connectivity index (χ4v) is 2.71. The van der Waals surface area contributed by atoms with Gasteiger partial charge in [-0.25, -0.2) is 0 Å². The van der Waals surface area contributed by atoms with Crippen molar-refractivity contribution < 1.29 is 0 Å². The van der Waals surface area contributed by atoms with Crippen molar-refractivity contribution in [2.45, 2.75) is 26.3 Å². The van der Waals surface area contributed by atoms with Crippen molar-refractivity contribution in [3.63, 3.8) is 0 Å². The third-order valence-electron chi connectivity index (χ3n) is 2.82. The van der Waals surface area contributed by atoms with Crippen molar-refractivity contribution >= 4 is 11.3 Å². The first kappa shape index (κ1) is 9.93. The van der Waals surface area contributed by atoms with E-state index in [-0.39, 0.29) is 4.87 Å². The van der Waals surface area contributed by atoms with Crippen LogP contribution in [0.4, 0.5) is 0 Å². The number of aryl methyl sites for hydroxylation is 1. The molecule has 1 aromatic heterocycles. The summed E-state index contributed by atoms with van der Waals surface area (Å²) in [5.41, 5.74) is 1.10. The van der Waals surface area contributed by atoms with Gasteiger partial charge >= 0.3 is 4.87 Å². The number of rotatable bonds is 2. The molecule has 1 N–H and O–H groups in total. The molecule has 14 heavy (non-hydrogen) atoms. The van der Waals surface area contributed by atoms with E-state index >= 15 is 0 Å². The van der Waals surface area contributed by atoms with Gasteiger partial charge in [-0.05, 0) is 38.8 Å². The third kappa shape index (κ3) is 2.07. The van der Waals surface area contributed by atoms with E-state index in [0.29, 0.717) is 5.92 Å². The van der Waals surface area contributed by atoms with Gasteiger partial charge in [-0.2, -0.15) is 0 Å². The lowest BCUT2D eigenvalue weighted by Gasteiger charge is -2.23. The number of nitrogens with one attached hydrogen (secondary N) is 1. The van der Waals surface area contributed by atoms with Crippen LogP contribution >= 0.6 is 11.3 Å². The molecule has 1 unspecified atom stereocenters. The lowest BCUT2D eigenvalue weighted by atomic mass is 10.00. The summed E-state index contributed by atoms with van der Waals surface area (Å²) in [4.78, 5) is 11.7. The lowest BCUT2D eigenvalue weighted by Crippen LogP contribution is -2.34. The van der Waals surface area contributed by atoms with Gasteiger partial charge in [0, 0.05) is 17.6 Å². The van der Waals surface area contributed by atoms with Crippen LogP contribution in [-0.4, -0.2) is 17.7 Å². The smallest absolute Gasteiger partial charge is 0.307 e. The van der Waals surface area contributed by atoms with E-state index in [1.54, 1.807) is 0 Å². The molecule has 0 saturated carbocycles. The zero-order valence-corrected chi connectivity index (χ0v) is 9.27. The zero-order valence-electron chi connectivity index (χ0n) is 8.45. The van der Waals surface area contributed by atoms with E-state index in [4.69, 9.17) is 0 Å². The third-order valence-corrected chi connectivity index (χ3v) is 3.70. The number of thiazole rings is 1. The highest BCUT2D eigenvalue weighted by atomic mass is 32.1. The number of hydrogen-bond donors (Lipinski definition) is 1. The molecule has 1 aliphatic heterocycles. The Morgan fingerprint density at radius 2 is 2.57 bits per heavy atom. The molecule has 1 aromatic rings. The second-order valence-electron chi connectivity index (χ2n) is 3.97. The summed E-state index contributed by atoms with van der Waals surface area (Å²) in [7, 11) is 0. The van der Waals surface area contributed by atoms with Gasteiger partial charge in [-0.15, -0.1) is 0 Å². The Hall–Kier alpha value is -0.610. The summed E-state index contributed by atoms with van der Waals surface area (Å²) in [5, 5.41) is 5.32. The Balaban J connectivity index is 2.06. The van der Waals surface area contributed by atoms with Crippen LogP contribution in [0, 0.1) is 12.8 Å². The highest BCUT2D eigenvalue weighted by Crippen LogP contribution is 2.13. The second kappa shape index (κ2) is 4.28. The highest BCUT2D eigenvalue weighted by Gasteiger charge is 2.15. The number of aromatic nitrogens is 1. The van der Waals surface area contributed by atoms with Crippen molar-refractivity contribution in [2.75, 3.05) is 13.1 Å². The fraction of sp³-hybridized carbons (Fsp3) is 0.700. The summed E-state index contributed by atoms with van der Waals surface area (Å²) in [6.07, 6.45) is 2.48. The van der Waals surface area contributed by atoms with Gasteiger partial charge in [0.05, 0.1) is 0 Å². The van der Waals surface area contributed by atoms with Crippen LogP contribution in [0.25, 0.3) is 0 Å². The monoisotopic (exact) mass is 212 g/mol.